The normalized spacial score (nSPS) is 17.0. The maximum Gasteiger partial charge on any atom is 0.0571 e. The number of aryl methyl sites for hydroxylation is 1. The second-order valence-electron chi connectivity index (χ2n) is 6.86. The van der Waals surface area contributed by atoms with E-state index in [2.05, 4.69) is 24.3 Å². The van der Waals surface area contributed by atoms with Gasteiger partial charge in [-0.05, 0) is 66.5 Å². The molecule has 1 atom stereocenters. The molecule has 0 amide bonds. The summed E-state index contributed by atoms with van der Waals surface area (Å²) in [6.45, 7) is 0. The van der Waals surface area contributed by atoms with Crippen LogP contribution in [0.2, 0.25) is 10.0 Å². The largest absolute Gasteiger partial charge is 0.393 e. The molecule has 0 bridgehead atoms. The molecule has 0 unspecified atom stereocenters. The van der Waals surface area contributed by atoms with Crippen LogP contribution >= 0.6 is 23.2 Å². The van der Waals surface area contributed by atoms with Crippen molar-refractivity contribution >= 4 is 23.2 Å². The van der Waals surface area contributed by atoms with Crippen LogP contribution in [0.5, 0.6) is 0 Å². The van der Waals surface area contributed by atoms with Gasteiger partial charge >= 0.3 is 0 Å². The van der Waals surface area contributed by atoms with Crippen molar-refractivity contribution in [1.82, 2.24) is 0 Å². The topological polar surface area (TPSA) is 20.2 Å². The Morgan fingerprint density at radius 1 is 0.875 bits per heavy atom. The Morgan fingerprint density at radius 2 is 1.50 bits per heavy atom. The minimum atomic E-state index is -0.156. The van der Waals surface area contributed by atoms with Crippen molar-refractivity contribution in [3.63, 3.8) is 0 Å². The lowest BCUT2D eigenvalue weighted by Crippen LogP contribution is -2.23. The molecule has 2 aromatic rings. The SMILES string of the molecule is O[C@@H](CCc1ccc(-c2cc(Cl)cc(Cl)c2)cc1)C1CCCCC1. The van der Waals surface area contributed by atoms with E-state index >= 15 is 0 Å². The first-order valence-electron chi connectivity index (χ1n) is 8.85. The molecule has 1 fully saturated rings. The number of hydrogen-bond donors (Lipinski definition) is 1. The first kappa shape index (κ1) is 17.8. The highest BCUT2D eigenvalue weighted by Crippen LogP contribution is 2.29. The Hall–Kier alpha value is -1.02. The average Bonchev–Trinajstić information content (AvgIpc) is 2.60. The van der Waals surface area contributed by atoms with Gasteiger partial charge in [0.1, 0.15) is 0 Å². The maximum atomic E-state index is 10.4. The van der Waals surface area contributed by atoms with E-state index in [1.165, 1.54) is 37.7 Å². The van der Waals surface area contributed by atoms with Crippen LogP contribution in [-0.2, 0) is 6.42 Å². The number of benzene rings is 2. The van der Waals surface area contributed by atoms with Crippen LogP contribution in [-0.4, -0.2) is 11.2 Å². The highest BCUT2D eigenvalue weighted by molar-refractivity contribution is 6.35. The predicted octanol–water partition coefficient (Wildman–Crippen LogP) is 6.53. The molecule has 0 saturated heterocycles. The second kappa shape index (κ2) is 8.38. The Labute approximate surface area is 154 Å². The summed E-state index contributed by atoms with van der Waals surface area (Å²) in [5.74, 6) is 0.506. The van der Waals surface area contributed by atoms with Crippen molar-refractivity contribution in [1.29, 1.82) is 0 Å². The minimum absolute atomic E-state index is 0.156. The molecule has 1 saturated carbocycles. The second-order valence-corrected chi connectivity index (χ2v) is 7.73. The zero-order valence-corrected chi connectivity index (χ0v) is 15.4. The van der Waals surface area contributed by atoms with Crippen molar-refractivity contribution < 1.29 is 5.11 Å². The molecule has 0 aliphatic heterocycles. The van der Waals surface area contributed by atoms with Gasteiger partial charge in [-0.2, -0.15) is 0 Å². The van der Waals surface area contributed by atoms with Gasteiger partial charge < -0.3 is 5.11 Å². The van der Waals surface area contributed by atoms with Crippen LogP contribution in [0.4, 0.5) is 0 Å². The zero-order chi connectivity index (χ0) is 16.9. The molecular formula is C21H24Cl2O. The lowest BCUT2D eigenvalue weighted by molar-refractivity contribution is 0.0775. The Kier molecular flexibility index (Phi) is 6.21. The monoisotopic (exact) mass is 362 g/mol. The van der Waals surface area contributed by atoms with Crippen molar-refractivity contribution in [2.24, 2.45) is 5.92 Å². The van der Waals surface area contributed by atoms with Crippen LogP contribution in [0.15, 0.2) is 42.5 Å². The highest BCUT2D eigenvalue weighted by atomic mass is 35.5. The van der Waals surface area contributed by atoms with E-state index in [-0.39, 0.29) is 6.10 Å². The molecule has 2 aromatic carbocycles. The molecule has 0 aromatic heterocycles. The fraction of sp³-hybridized carbons (Fsp3) is 0.429. The summed E-state index contributed by atoms with van der Waals surface area (Å²) in [5.41, 5.74) is 3.40. The van der Waals surface area contributed by atoms with E-state index in [9.17, 15) is 5.11 Å². The van der Waals surface area contributed by atoms with Crippen LogP contribution in [0, 0.1) is 5.92 Å². The maximum absolute atomic E-state index is 10.4. The molecule has 1 aliphatic rings. The number of aliphatic hydroxyl groups is 1. The van der Waals surface area contributed by atoms with Gasteiger partial charge in [-0.3, -0.25) is 0 Å². The van der Waals surface area contributed by atoms with Gasteiger partial charge in [0.25, 0.3) is 0 Å². The van der Waals surface area contributed by atoms with E-state index in [0.29, 0.717) is 16.0 Å². The molecule has 128 valence electrons. The van der Waals surface area contributed by atoms with Crippen molar-refractivity contribution in [3.05, 3.63) is 58.1 Å². The lowest BCUT2D eigenvalue weighted by atomic mass is 9.83. The summed E-state index contributed by atoms with van der Waals surface area (Å²) < 4.78 is 0. The Bertz CT molecular complexity index is 640. The Morgan fingerprint density at radius 3 is 2.12 bits per heavy atom. The first-order valence-corrected chi connectivity index (χ1v) is 9.61. The summed E-state index contributed by atoms with van der Waals surface area (Å²) in [5, 5.41) is 11.7. The summed E-state index contributed by atoms with van der Waals surface area (Å²) >= 11 is 12.2. The standard InChI is InChI=1S/C21H24Cl2O/c22-19-12-18(13-20(23)14-19)16-9-6-15(7-10-16)8-11-21(24)17-4-2-1-3-5-17/h6-7,9-10,12-14,17,21,24H,1-5,8,11H2/t21-/m0/s1. The van der Waals surface area contributed by atoms with Gasteiger partial charge in [-0.25, -0.2) is 0 Å². The number of hydrogen-bond acceptors (Lipinski definition) is 1. The highest BCUT2D eigenvalue weighted by Gasteiger charge is 2.21. The fourth-order valence-corrected chi connectivity index (χ4v) is 4.18. The van der Waals surface area contributed by atoms with E-state index in [0.717, 1.165) is 24.0 Å². The molecule has 3 rings (SSSR count). The number of halogens is 2. The van der Waals surface area contributed by atoms with Gasteiger partial charge in [-0.15, -0.1) is 0 Å². The summed E-state index contributed by atoms with van der Waals surface area (Å²) in [6, 6.07) is 14.1. The summed E-state index contributed by atoms with van der Waals surface area (Å²) in [4.78, 5) is 0. The molecule has 3 heteroatoms. The van der Waals surface area contributed by atoms with E-state index in [1.807, 2.05) is 12.1 Å². The van der Waals surface area contributed by atoms with Gasteiger partial charge in [-0.1, -0.05) is 66.7 Å². The third-order valence-corrected chi connectivity index (χ3v) is 5.51. The summed E-state index contributed by atoms with van der Waals surface area (Å²) in [7, 11) is 0. The molecule has 0 spiro atoms. The van der Waals surface area contributed by atoms with Crippen LogP contribution in [0.25, 0.3) is 11.1 Å². The molecule has 24 heavy (non-hydrogen) atoms. The van der Waals surface area contributed by atoms with Gasteiger partial charge in [0.05, 0.1) is 6.10 Å². The average molecular weight is 363 g/mol. The van der Waals surface area contributed by atoms with Gasteiger partial charge in [0.2, 0.25) is 0 Å². The lowest BCUT2D eigenvalue weighted by Gasteiger charge is -2.26. The summed E-state index contributed by atoms with van der Waals surface area (Å²) in [6.07, 6.45) is 7.89. The molecule has 1 nitrogen and oxygen atoms in total. The Balaban J connectivity index is 1.60. The van der Waals surface area contributed by atoms with Gasteiger partial charge in [0, 0.05) is 10.0 Å². The van der Waals surface area contributed by atoms with Crippen molar-refractivity contribution in [3.8, 4) is 11.1 Å². The zero-order valence-electron chi connectivity index (χ0n) is 13.8. The van der Waals surface area contributed by atoms with E-state index in [4.69, 9.17) is 23.2 Å². The van der Waals surface area contributed by atoms with Crippen molar-refractivity contribution in [2.45, 2.75) is 51.0 Å². The minimum Gasteiger partial charge on any atom is -0.393 e. The quantitative estimate of drug-likeness (QED) is 0.640. The van der Waals surface area contributed by atoms with Crippen LogP contribution in [0.3, 0.4) is 0 Å². The number of aliphatic hydroxyl groups excluding tert-OH is 1. The smallest absolute Gasteiger partial charge is 0.0571 e. The number of rotatable bonds is 5. The first-order chi connectivity index (χ1) is 11.6. The fourth-order valence-electron chi connectivity index (χ4n) is 3.65. The molecule has 1 N–H and O–H groups in total. The molecule has 1 aliphatic carbocycles. The van der Waals surface area contributed by atoms with E-state index < -0.39 is 0 Å². The van der Waals surface area contributed by atoms with Crippen LogP contribution < -0.4 is 0 Å². The molecule has 0 heterocycles. The van der Waals surface area contributed by atoms with Gasteiger partial charge in [0.15, 0.2) is 0 Å². The van der Waals surface area contributed by atoms with Crippen LogP contribution in [0.1, 0.15) is 44.1 Å². The predicted molar refractivity (Wildman–Crippen MR) is 103 cm³/mol. The van der Waals surface area contributed by atoms with E-state index in [1.54, 1.807) is 6.07 Å². The third kappa shape index (κ3) is 4.75. The molecular weight excluding hydrogens is 339 g/mol. The third-order valence-electron chi connectivity index (χ3n) is 5.07. The van der Waals surface area contributed by atoms with Crippen molar-refractivity contribution in [2.75, 3.05) is 0 Å². The molecule has 0 radical (unpaired) electrons.